The minimum absolute atomic E-state index is 0.441. The van der Waals surface area contributed by atoms with Gasteiger partial charge in [-0.15, -0.1) is 0 Å². The van der Waals surface area contributed by atoms with Gasteiger partial charge < -0.3 is 14.5 Å². The molecule has 4 heteroatoms. The van der Waals surface area contributed by atoms with E-state index in [1.54, 1.807) is 0 Å². The highest BCUT2D eigenvalue weighted by Crippen LogP contribution is 2.17. The van der Waals surface area contributed by atoms with Gasteiger partial charge in [0.25, 0.3) is 0 Å². The molecule has 0 radical (unpaired) electrons. The van der Waals surface area contributed by atoms with Crippen LogP contribution >= 0.6 is 15.9 Å². The minimum atomic E-state index is 0.441. The van der Waals surface area contributed by atoms with Crippen molar-refractivity contribution in [2.75, 3.05) is 7.05 Å². The lowest BCUT2D eigenvalue weighted by Crippen LogP contribution is -2.04. The second kappa shape index (κ2) is 5.89. The fourth-order valence-electron chi connectivity index (χ4n) is 1.49. The van der Waals surface area contributed by atoms with E-state index < -0.39 is 0 Å². The summed E-state index contributed by atoms with van der Waals surface area (Å²) < 4.78 is 11.7. The summed E-state index contributed by atoms with van der Waals surface area (Å²) in [6.07, 6.45) is 0. The van der Waals surface area contributed by atoms with Gasteiger partial charge in [-0.3, -0.25) is 0 Å². The van der Waals surface area contributed by atoms with Gasteiger partial charge in [-0.05, 0) is 52.8 Å². The number of halogens is 1. The van der Waals surface area contributed by atoms with Crippen LogP contribution in [0.25, 0.3) is 0 Å². The normalized spacial score (nSPS) is 10.5. The van der Waals surface area contributed by atoms with E-state index in [4.69, 9.17) is 9.15 Å². The summed E-state index contributed by atoms with van der Waals surface area (Å²) in [4.78, 5) is 0. The molecular weight excluding hydrogens is 282 g/mol. The van der Waals surface area contributed by atoms with E-state index in [0.29, 0.717) is 6.61 Å². The lowest BCUT2D eigenvalue weighted by molar-refractivity contribution is 0.267. The summed E-state index contributed by atoms with van der Waals surface area (Å²) in [6.45, 7) is 1.31. The van der Waals surface area contributed by atoms with Crippen LogP contribution in [0.1, 0.15) is 11.3 Å². The maximum atomic E-state index is 5.60. The van der Waals surface area contributed by atoms with E-state index in [9.17, 15) is 0 Å². The molecule has 1 aromatic heterocycles. The molecule has 0 saturated heterocycles. The zero-order valence-electron chi connectivity index (χ0n) is 9.57. The Labute approximate surface area is 109 Å². The van der Waals surface area contributed by atoms with Crippen LogP contribution in [0.4, 0.5) is 0 Å². The molecule has 1 heterocycles. The number of hydrogen-bond acceptors (Lipinski definition) is 3. The van der Waals surface area contributed by atoms with E-state index >= 15 is 0 Å². The van der Waals surface area contributed by atoms with Crippen molar-refractivity contribution in [2.24, 2.45) is 0 Å². The Bertz CT molecular complexity index is 465. The number of nitrogens with one attached hydrogen (secondary N) is 1. The van der Waals surface area contributed by atoms with Crippen molar-refractivity contribution in [1.82, 2.24) is 5.32 Å². The lowest BCUT2D eigenvalue weighted by atomic mass is 10.2. The SMILES string of the molecule is CNCc1ccc(OCc2ccc(Br)o2)cc1. The third-order valence-corrected chi connectivity index (χ3v) is 2.74. The quantitative estimate of drug-likeness (QED) is 0.919. The topological polar surface area (TPSA) is 34.4 Å². The average molecular weight is 296 g/mol. The van der Waals surface area contributed by atoms with Gasteiger partial charge >= 0.3 is 0 Å². The molecule has 0 fully saturated rings. The average Bonchev–Trinajstić information content (AvgIpc) is 2.75. The maximum absolute atomic E-state index is 5.60. The van der Waals surface area contributed by atoms with Gasteiger partial charge in [-0.1, -0.05) is 12.1 Å². The standard InChI is InChI=1S/C13H14BrNO2/c1-15-8-10-2-4-11(5-3-10)16-9-12-6-7-13(14)17-12/h2-7,15H,8-9H2,1H3. The van der Waals surface area contributed by atoms with Crippen molar-refractivity contribution in [1.29, 1.82) is 0 Å². The Morgan fingerprint density at radius 2 is 1.94 bits per heavy atom. The zero-order chi connectivity index (χ0) is 12.1. The fraction of sp³-hybridized carbons (Fsp3) is 0.231. The molecule has 0 aliphatic carbocycles. The van der Waals surface area contributed by atoms with Crippen LogP contribution < -0.4 is 10.1 Å². The third-order valence-electron chi connectivity index (χ3n) is 2.31. The van der Waals surface area contributed by atoms with Crippen LogP contribution in [0.5, 0.6) is 5.75 Å². The molecule has 0 spiro atoms. The molecule has 0 atom stereocenters. The number of ether oxygens (including phenoxy) is 1. The second-order valence-electron chi connectivity index (χ2n) is 3.67. The van der Waals surface area contributed by atoms with Gasteiger partial charge in [0.05, 0.1) is 0 Å². The molecular formula is C13H14BrNO2. The van der Waals surface area contributed by atoms with Crippen molar-refractivity contribution in [3.63, 3.8) is 0 Å². The Hall–Kier alpha value is -1.26. The summed E-state index contributed by atoms with van der Waals surface area (Å²) >= 11 is 3.26. The van der Waals surface area contributed by atoms with Crippen LogP contribution in [0.2, 0.25) is 0 Å². The summed E-state index contributed by atoms with van der Waals surface area (Å²) in [5, 5.41) is 3.10. The minimum Gasteiger partial charge on any atom is -0.486 e. The molecule has 90 valence electrons. The van der Waals surface area contributed by atoms with E-state index in [2.05, 4.69) is 21.2 Å². The number of furan rings is 1. The summed E-state index contributed by atoms with van der Waals surface area (Å²) in [5.74, 6) is 1.65. The van der Waals surface area contributed by atoms with E-state index in [1.807, 2.05) is 43.4 Å². The van der Waals surface area contributed by atoms with Crippen LogP contribution in [0.15, 0.2) is 45.5 Å². The Morgan fingerprint density at radius 1 is 1.18 bits per heavy atom. The lowest BCUT2D eigenvalue weighted by Gasteiger charge is -2.05. The maximum Gasteiger partial charge on any atom is 0.169 e. The van der Waals surface area contributed by atoms with Crippen molar-refractivity contribution >= 4 is 15.9 Å². The molecule has 0 aliphatic rings. The zero-order valence-corrected chi connectivity index (χ0v) is 11.2. The highest BCUT2D eigenvalue weighted by Gasteiger charge is 2.00. The molecule has 1 N–H and O–H groups in total. The Balaban J connectivity index is 1.90. The summed E-state index contributed by atoms with van der Waals surface area (Å²) in [5.41, 5.74) is 1.24. The third kappa shape index (κ3) is 3.61. The van der Waals surface area contributed by atoms with Gasteiger partial charge in [0.1, 0.15) is 18.1 Å². The van der Waals surface area contributed by atoms with E-state index in [1.165, 1.54) is 5.56 Å². The van der Waals surface area contributed by atoms with Gasteiger partial charge in [0, 0.05) is 6.54 Å². The van der Waals surface area contributed by atoms with E-state index in [-0.39, 0.29) is 0 Å². The second-order valence-corrected chi connectivity index (χ2v) is 4.45. The molecule has 0 aliphatic heterocycles. The smallest absolute Gasteiger partial charge is 0.169 e. The highest BCUT2D eigenvalue weighted by atomic mass is 79.9. The van der Waals surface area contributed by atoms with Crippen molar-refractivity contribution < 1.29 is 9.15 Å². The van der Waals surface area contributed by atoms with Gasteiger partial charge in [0.15, 0.2) is 4.67 Å². The van der Waals surface area contributed by atoms with Gasteiger partial charge in [-0.2, -0.15) is 0 Å². The van der Waals surface area contributed by atoms with Gasteiger partial charge in [0.2, 0.25) is 0 Å². The first kappa shape index (κ1) is 12.2. The molecule has 0 bridgehead atoms. The Kier molecular flexibility index (Phi) is 4.23. The van der Waals surface area contributed by atoms with Crippen molar-refractivity contribution in [3.8, 4) is 5.75 Å². The fourth-order valence-corrected chi connectivity index (χ4v) is 1.83. The molecule has 0 saturated carbocycles. The molecule has 2 rings (SSSR count). The first-order valence-corrected chi connectivity index (χ1v) is 6.18. The monoisotopic (exact) mass is 295 g/mol. The van der Waals surface area contributed by atoms with Crippen LogP contribution in [-0.2, 0) is 13.2 Å². The molecule has 0 amide bonds. The number of hydrogen-bond donors (Lipinski definition) is 1. The van der Waals surface area contributed by atoms with Crippen molar-refractivity contribution in [3.05, 3.63) is 52.4 Å². The van der Waals surface area contributed by atoms with Crippen LogP contribution in [-0.4, -0.2) is 7.05 Å². The predicted octanol–water partition coefficient (Wildman–Crippen LogP) is 3.34. The van der Waals surface area contributed by atoms with Crippen LogP contribution in [0.3, 0.4) is 0 Å². The molecule has 1 aromatic carbocycles. The van der Waals surface area contributed by atoms with Crippen LogP contribution in [0, 0.1) is 0 Å². The van der Waals surface area contributed by atoms with E-state index in [0.717, 1.165) is 22.7 Å². The molecule has 17 heavy (non-hydrogen) atoms. The summed E-state index contributed by atoms with van der Waals surface area (Å²) in [6, 6.07) is 11.8. The highest BCUT2D eigenvalue weighted by molar-refractivity contribution is 9.10. The first-order chi connectivity index (χ1) is 8.28. The summed E-state index contributed by atoms with van der Waals surface area (Å²) in [7, 11) is 1.93. The molecule has 3 nitrogen and oxygen atoms in total. The first-order valence-electron chi connectivity index (χ1n) is 5.38. The molecule has 0 unspecified atom stereocenters. The number of benzene rings is 1. The number of rotatable bonds is 5. The predicted molar refractivity (Wildman–Crippen MR) is 69.9 cm³/mol. The van der Waals surface area contributed by atoms with Gasteiger partial charge in [-0.25, -0.2) is 0 Å². The van der Waals surface area contributed by atoms with Crippen molar-refractivity contribution in [2.45, 2.75) is 13.2 Å². The Morgan fingerprint density at radius 3 is 2.53 bits per heavy atom. The largest absolute Gasteiger partial charge is 0.486 e. The molecule has 2 aromatic rings.